The SMILES string of the molecule is COCC1=NC(=O)N(C(=O)NCCCN2CC=C(c3cccc(NC(C)=O)c3)CC2)[C@@H](c2ccc(F)c(F)c2)C1C(=O)OC. The zero-order chi connectivity index (χ0) is 31.8. The predicted molar refractivity (Wildman–Crippen MR) is 159 cm³/mol. The van der Waals surface area contributed by atoms with Crippen LogP contribution >= 0.6 is 0 Å². The molecule has 0 radical (unpaired) electrons. The van der Waals surface area contributed by atoms with Crippen molar-refractivity contribution in [2.45, 2.75) is 25.8 Å². The Kier molecular flexibility index (Phi) is 10.9. The molecule has 2 aromatic carbocycles. The van der Waals surface area contributed by atoms with Gasteiger partial charge in [0.25, 0.3) is 0 Å². The van der Waals surface area contributed by atoms with E-state index in [4.69, 9.17) is 9.47 Å². The molecule has 2 heterocycles. The van der Waals surface area contributed by atoms with Gasteiger partial charge in [-0.05, 0) is 53.8 Å². The number of anilines is 1. The van der Waals surface area contributed by atoms with Crippen LogP contribution < -0.4 is 10.6 Å². The van der Waals surface area contributed by atoms with Crippen LogP contribution in [0.5, 0.6) is 0 Å². The molecular formula is C31H35F2N5O6. The summed E-state index contributed by atoms with van der Waals surface area (Å²) in [7, 11) is 2.48. The number of hydrogen-bond donors (Lipinski definition) is 2. The number of carbonyl (C=O) groups excluding carboxylic acids is 4. The van der Waals surface area contributed by atoms with Crippen LogP contribution in [0.3, 0.4) is 0 Å². The number of esters is 1. The summed E-state index contributed by atoms with van der Waals surface area (Å²) in [5.41, 5.74) is 2.99. The lowest BCUT2D eigenvalue weighted by molar-refractivity contribution is -0.144. The maximum atomic E-state index is 14.2. The van der Waals surface area contributed by atoms with Gasteiger partial charge in [-0.1, -0.05) is 24.3 Å². The van der Waals surface area contributed by atoms with E-state index in [-0.39, 0.29) is 30.3 Å². The number of ether oxygens (including phenoxy) is 2. The van der Waals surface area contributed by atoms with Gasteiger partial charge in [-0.25, -0.2) is 23.3 Å². The van der Waals surface area contributed by atoms with E-state index in [0.29, 0.717) is 19.5 Å². The molecule has 0 saturated carbocycles. The second kappa shape index (κ2) is 14.8. The minimum Gasteiger partial charge on any atom is -0.468 e. The first kappa shape index (κ1) is 32.4. The third kappa shape index (κ3) is 7.71. The van der Waals surface area contributed by atoms with Crippen LogP contribution in [-0.4, -0.2) is 86.5 Å². The second-order valence-electron chi connectivity index (χ2n) is 10.4. The summed E-state index contributed by atoms with van der Waals surface area (Å²) < 4.78 is 38.0. The molecule has 2 aliphatic rings. The van der Waals surface area contributed by atoms with Crippen molar-refractivity contribution in [2.24, 2.45) is 10.9 Å². The maximum absolute atomic E-state index is 14.2. The minimum absolute atomic E-state index is 0.00231. The van der Waals surface area contributed by atoms with Crippen molar-refractivity contribution in [3.8, 4) is 0 Å². The van der Waals surface area contributed by atoms with E-state index >= 15 is 0 Å². The van der Waals surface area contributed by atoms with Crippen molar-refractivity contribution < 1.29 is 37.4 Å². The first-order chi connectivity index (χ1) is 21.1. The fourth-order valence-electron chi connectivity index (χ4n) is 5.37. The monoisotopic (exact) mass is 611 g/mol. The molecule has 13 heteroatoms. The van der Waals surface area contributed by atoms with Crippen LogP contribution in [0.2, 0.25) is 0 Å². The molecule has 0 aromatic heterocycles. The number of rotatable bonds is 10. The van der Waals surface area contributed by atoms with Gasteiger partial charge in [-0.3, -0.25) is 14.5 Å². The van der Waals surface area contributed by atoms with Crippen molar-refractivity contribution >= 4 is 40.9 Å². The van der Waals surface area contributed by atoms with Crippen LogP contribution in [0.4, 0.5) is 24.1 Å². The second-order valence-corrected chi connectivity index (χ2v) is 10.4. The third-order valence-corrected chi connectivity index (χ3v) is 7.42. The van der Waals surface area contributed by atoms with Crippen LogP contribution in [0, 0.1) is 17.6 Å². The van der Waals surface area contributed by atoms with Crippen molar-refractivity contribution in [3.63, 3.8) is 0 Å². The van der Waals surface area contributed by atoms with Gasteiger partial charge < -0.3 is 20.1 Å². The van der Waals surface area contributed by atoms with Crippen molar-refractivity contribution in [2.75, 3.05) is 52.3 Å². The highest BCUT2D eigenvalue weighted by Crippen LogP contribution is 2.36. The van der Waals surface area contributed by atoms with E-state index < -0.39 is 41.6 Å². The Morgan fingerprint density at radius 2 is 1.89 bits per heavy atom. The molecule has 0 bridgehead atoms. The molecule has 234 valence electrons. The molecule has 0 spiro atoms. The molecule has 4 rings (SSSR count). The number of nitrogens with one attached hydrogen (secondary N) is 2. The minimum atomic E-state index is -1.34. The summed E-state index contributed by atoms with van der Waals surface area (Å²) >= 11 is 0. The summed E-state index contributed by atoms with van der Waals surface area (Å²) in [4.78, 5) is 57.5. The van der Waals surface area contributed by atoms with Gasteiger partial charge in [-0.15, -0.1) is 0 Å². The molecule has 0 saturated heterocycles. The van der Waals surface area contributed by atoms with E-state index in [0.717, 1.165) is 48.4 Å². The molecule has 2 aromatic rings. The lowest BCUT2D eigenvalue weighted by atomic mass is 9.86. The first-order valence-corrected chi connectivity index (χ1v) is 14.1. The standard InChI is InChI=1S/C31H35F2N5O6/c1-19(39)35-23-7-4-6-21(16-23)20-10-14-37(15-11-20)13-5-12-34-30(41)38-28(22-8-9-24(32)25(33)17-22)27(29(40)44-3)26(18-43-2)36-31(38)42/h4,6-10,16-17,27-28H,5,11-15,18H2,1-3H3,(H,34,41)(H,35,39)/t27?,28-/m0/s1. The number of carbonyl (C=O) groups is 4. The molecule has 44 heavy (non-hydrogen) atoms. The summed E-state index contributed by atoms with van der Waals surface area (Å²) in [6, 6.07) is 7.45. The van der Waals surface area contributed by atoms with Gasteiger partial charge in [0, 0.05) is 45.9 Å². The van der Waals surface area contributed by atoms with Crippen molar-refractivity contribution in [3.05, 3.63) is 71.3 Å². The summed E-state index contributed by atoms with van der Waals surface area (Å²) in [6.45, 7) is 3.62. The molecule has 2 N–H and O–H groups in total. The molecule has 1 unspecified atom stereocenters. The van der Waals surface area contributed by atoms with E-state index in [1.807, 2.05) is 24.3 Å². The zero-order valence-corrected chi connectivity index (χ0v) is 24.8. The highest BCUT2D eigenvalue weighted by Gasteiger charge is 2.47. The van der Waals surface area contributed by atoms with E-state index in [1.165, 1.54) is 25.7 Å². The zero-order valence-electron chi connectivity index (χ0n) is 24.8. The number of amides is 5. The predicted octanol–water partition coefficient (Wildman–Crippen LogP) is 4.17. The molecule has 2 aliphatic heterocycles. The largest absolute Gasteiger partial charge is 0.468 e. The van der Waals surface area contributed by atoms with Crippen molar-refractivity contribution in [1.29, 1.82) is 0 Å². The quantitative estimate of drug-likeness (QED) is 0.305. The Balaban J connectivity index is 1.41. The highest BCUT2D eigenvalue weighted by atomic mass is 19.2. The number of nitrogens with zero attached hydrogens (tertiary/aromatic N) is 3. The van der Waals surface area contributed by atoms with E-state index in [2.05, 4.69) is 26.6 Å². The summed E-state index contributed by atoms with van der Waals surface area (Å²) in [5, 5.41) is 5.49. The molecular weight excluding hydrogens is 576 g/mol. The van der Waals surface area contributed by atoms with Crippen LogP contribution in [0.15, 0.2) is 53.5 Å². The number of halogens is 2. The van der Waals surface area contributed by atoms with E-state index in [9.17, 15) is 28.0 Å². The Morgan fingerprint density at radius 3 is 2.55 bits per heavy atom. The summed E-state index contributed by atoms with van der Waals surface area (Å²) in [5.74, 6) is -4.56. The number of imide groups is 1. The lowest BCUT2D eigenvalue weighted by Crippen LogP contribution is -2.54. The van der Waals surface area contributed by atoms with Crippen LogP contribution in [0.1, 0.15) is 36.9 Å². The third-order valence-electron chi connectivity index (χ3n) is 7.42. The molecule has 2 atom stereocenters. The van der Waals surface area contributed by atoms with Crippen molar-refractivity contribution in [1.82, 2.24) is 15.1 Å². The van der Waals surface area contributed by atoms with Crippen LogP contribution in [0.25, 0.3) is 5.57 Å². The first-order valence-electron chi connectivity index (χ1n) is 14.1. The molecule has 11 nitrogen and oxygen atoms in total. The van der Waals surface area contributed by atoms with Gasteiger partial charge in [0.2, 0.25) is 5.91 Å². The molecule has 5 amide bonds. The lowest BCUT2D eigenvalue weighted by Gasteiger charge is -2.37. The van der Waals surface area contributed by atoms with Gasteiger partial charge in [-0.2, -0.15) is 4.99 Å². The number of methoxy groups -OCH3 is 2. The van der Waals surface area contributed by atoms with Gasteiger partial charge in [0.15, 0.2) is 11.6 Å². The Hall–Kier alpha value is -4.49. The number of urea groups is 2. The Bertz CT molecular complexity index is 1480. The fourth-order valence-corrected chi connectivity index (χ4v) is 5.37. The Labute approximate surface area is 253 Å². The maximum Gasteiger partial charge on any atom is 0.352 e. The molecule has 0 fully saturated rings. The fraction of sp³-hybridized carbons (Fsp3) is 0.387. The number of hydrogen-bond acceptors (Lipinski definition) is 7. The summed E-state index contributed by atoms with van der Waals surface area (Å²) in [6.07, 6.45) is 3.50. The van der Waals surface area contributed by atoms with E-state index in [1.54, 1.807) is 0 Å². The highest BCUT2D eigenvalue weighted by molar-refractivity contribution is 6.12. The van der Waals surface area contributed by atoms with Gasteiger partial charge in [0.05, 0.1) is 25.5 Å². The topological polar surface area (TPSA) is 130 Å². The average molecular weight is 612 g/mol. The average Bonchev–Trinajstić information content (AvgIpc) is 3.00. The molecule has 0 aliphatic carbocycles. The normalized spacial score (nSPS) is 18.8. The van der Waals surface area contributed by atoms with Crippen LogP contribution in [-0.2, 0) is 19.1 Å². The smallest absolute Gasteiger partial charge is 0.352 e. The van der Waals surface area contributed by atoms with Gasteiger partial charge in [0.1, 0.15) is 5.92 Å². The number of benzene rings is 2. The number of aliphatic imine (C=N–C) groups is 1. The Morgan fingerprint density at radius 1 is 1.09 bits per heavy atom. The van der Waals surface area contributed by atoms with Gasteiger partial charge >= 0.3 is 18.0 Å².